The minimum absolute atomic E-state index is 0.0930. The number of benzene rings is 1. The van der Waals surface area contributed by atoms with E-state index in [2.05, 4.69) is 20.6 Å². The Labute approximate surface area is 167 Å². The third-order valence-corrected chi connectivity index (χ3v) is 4.75. The van der Waals surface area contributed by atoms with Crippen LogP contribution in [0, 0.1) is 5.82 Å². The van der Waals surface area contributed by atoms with Crippen LogP contribution in [0.4, 0.5) is 4.39 Å². The lowest BCUT2D eigenvalue weighted by Crippen LogP contribution is -2.51. The van der Waals surface area contributed by atoms with E-state index in [0.717, 1.165) is 0 Å². The highest BCUT2D eigenvalue weighted by Gasteiger charge is 2.33. The number of carbonyl (C=O) groups excluding carboxylic acids is 2. The topological polar surface area (TPSA) is 113 Å². The van der Waals surface area contributed by atoms with Crippen molar-refractivity contribution in [1.29, 1.82) is 0 Å². The first-order valence-corrected chi connectivity index (χ1v) is 9.40. The van der Waals surface area contributed by atoms with Crippen LogP contribution in [0.15, 0.2) is 42.9 Å². The molecule has 3 atom stereocenters. The van der Waals surface area contributed by atoms with Crippen molar-refractivity contribution in [3.8, 4) is 0 Å². The van der Waals surface area contributed by atoms with Crippen LogP contribution in [0.2, 0.25) is 0 Å². The maximum absolute atomic E-state index is 13.6. The second-order valence-electron chi connectivity index (χ2n) is 6.80. The molecular formula is C20H23FN4O4. The summed E-state index contributed by atoms with van der Waals surface area (Å²) in [4.78, 5) is 32.2. The Morgan fingerprint density at radius 2 is 2.07 bits per heavy atom. The molecule has 2 amide bonds. The predicted octanol–water partition coefficient (Wildman–Crippen LogP) is 0.961. The molecule has 8 nitrogen and oxygen atoms in total. The summed E-state index contributed by atoms with van der Waals surface area (Å²) < 4.78 is 19.4. The molecule has 0 bridgehead atoms. The minimum Gasteiger partial charge on any atom is -0.394 e. The number of aromatic nitrogens is 2. The summed E-state index contributed by atoms with van der Waals surface area (Å²) in [6.07, 6.45) is 4.40. The van der Waals surface area contributed by atoms with Crippen molar-refractivity contribution < 1.29 is 23.8 Å². The summed E-state index contributed by atoms with van der Waals surface area (Å²) in [5.41, 5.74) is 0.587. The molecule has 1 saturated heterocycles. The van der Waals surface area contributed by atoms with Gasteiger partial charge < -0.3 is 20.5 Å². The Morgan fingerprint density at radius 1 is 1.24 bits per heavy atom. The first-order valence-electron chi connectivity index (χ1n) is 9.40. The van der Waals surface area contributed by atoms with Crippen LogP contribution >= 0.6 is 0 Å². The fourth-order valence-corrected chi connectivity index (χ4v) is 3.22. The highest BCUT2D eigenvalue weighted by molar-refractivity contribution is 5.92. The van der Waals surface area contributed by atoms with Gasteiger partial charge in [0.2, 0.25) is 5.91 Å². The van der Waals surface area contributed by atoms with Crippen LogP contribution in [-0.4, -0.2) is 51.7 Å². The summed E-state index contributed by atoms with van der Waals surface area (Å²) in [6.45, 7) is -0.197. The Bertz CT molecular complexity index is 836. The van der Waals surface area contributed by atoms with E-state index in [1.807, 2.05) is 0 Å². The van der Waals surface area contributed by atoms with Gasteiger partial charge in [0, 0.05) is 24.5 Å². The molecule has 2 heterocycles. The van der Waals surface area contributed by atoms with Gasteiger partial charge in [-0.3, -0.25) is 14.6 Å². The van der Waals surface area contributed by atoms with E-state index in [0.29, 0.717) is 18.4 Å². The molecule has 1 aliphatic rings. The van der Waals surface area contributed by atoms with E-state index in [4.69, 9.17) is 4.74 Å². The van der Waals surface area contributed by atoms with E-state index in [1.165, 1.54) is 24.7 Å². The molecule has 29 heavy (non-hydrogen) atoms. The van der Waals surface area contributed by atoms with Crippen molar-refractivity contribution in [2.24, 2.45) is 0 Å². The fraction of sp³-hybridized carbons (Fsp3) is 0.400. The lowest BCUT2D eigenvalue weighted by molar-refractivity contribution is -0.131. The maximum atomic E-state index is 13.6. The number of amides is 2. The van der Waals surface area contributed by atoms with Gasteiger partial charge >= 0.3 is 0 Å². The normalized spacial score (nSPS) is 21.4. The summed E-state index contributed by atoms with van der Waals surface area (Å²) in [5, 5.41) is 15.1. The summed E-state index contributed by atoms with van der Waals surface area (Å²) >= 11 is 0. The number of aliphatic hydroxyl groups excluding tert-OH is 1. The molecule has 154 valence electrons. The van der Waals surface area contributed by atoms with Crippen molar-refractivity contribution in [1.82, 2.24) is 20.6 Å². The Kier molecular flexibility index (Phi) is 7.20. The molecule has 3 rings (SSSR count). The number of carbonyl (C=O) groups is 2. The second kappa shape index (κ2) is 10.0. The molecule has 1 aromatic heterocycles. The first-order chi connectivity index (χ1) is 14.1. The van der Waals surface area contributed by atoms with Crippen LogP contribution in [0.1, 0.15) is 35.3 Å². The van der Waals surface area contributed by atoms with Gasteiger partial charge in [0.15, 0.2) is 0 Å². The Balaban J connectivity index is 1.48. The zero-order chi connectivity index (χ0) is 20.6. The smallest absolute Gasteiger partial charge is 0.271 e. The molecule has 1 aliphatic heterocycles. The number of hydrogen-bond donors (Lipinski definition) is 3. The Morgan fingerprint density at radius 3 is 2.79 bits per heavy atom. The zero-order valence-corrected chi connectivity index (χ0v) is 15.8. The third kappa shape index (κ3) is 5.78. The van der Waals surface area contributed by atoms with Crippen molar-refractivity contribution in [3.05, 3.63) is 59.9 Å². The van der Waals surface area contributed by atoms with Crippen molar-refractivity contribution in [2.45, 2.75) is 44.1 Å². The number of nitrogens with zero attached hydrogens (tertiary/aromatic N) is 2. The number of nitrogens with one attached hydrogen (secondary N) is 2. The number of rotatable bonds is 7. The van der Waals surface area contributed by atoms with Crippen LogP contribution in [0.3, 0.4) is 0 Å². The molecular weight excluding hydrogens is 379 g/mol. The molecule has 0 radical (unpaired) electrons. The van der Waals surface area contributed by atoms with E-state index >= 15 is 0 Å². The molecule has 0 aliphatic carbocycles. The van der Waals surface area contributed by atoms with Crippen molar-refractivity contribution in [3.63, 3.8) is 0 Å². The average Bonchev–Trinajstić information content (AvgIpc) is 2.74. The SMILES string of the molecule is O=C(C[C@@H]1CC[C@H](NC(=O)c2cnccn2)[C@H](CO)O1)NCc1ccccc1F. The molecule has 3 N–H and O–H groups in total. The Hall–Kier alpha value is -2.91. The third-order valence-electron chi connectivity index (χ3n) is 4.75. The van der Waals surface area contributed by atoms with Gasteiger partial charge in [-0.1, -0.05) is 18.2 Å². The molecule has 9 heteroatoms. The van der Waals surface area contributed by atoms with E-state index < -0.39 is 24.2 Å². The van der Waals surface area contributed by atoms with Gasteiger partial charge in [0.05, 0.1) is 31.4 Å². The van der Waals surface area contributed by atoms with Gasteiger partial charge in [0.25, 0.3) is 5.91 Å². The molecule has 1 fully saturated rings. The first kappa shape index (κ1) is 20.8. The summed E-state index contributed by atoms with van der Waals surface area (Å²) in [5.74, 6) is -1.04. The average molecular weight is 402 g/mol. The van der Waals surface area contributed by atoms with Gasteiger partial charge in [-0.05, 0) is 18.9 Å². The molecule has 0 spiro atoms. The minimum atomic E-state index is -0.631. The van der Waals surface area contributed by atoms with Gasteiger partial charge in [-0.25, -0.2) is 9.37 Å². The molecule has 0 saturated carbocycles. The largest absolute Gasteiger partial charge is 0.394 e. The lowest BCUT2D eigenvalue weighted by atomic mass is 9.96. The second-order valence-corrected chi connectivity index (χ2v) is 6.80. The van der Waals surface area contributed by atoms with E-state index in [-0.39, 0.29) is 37.0 Å². The van der Waals surface area contributed by atoms with Crippen LogP contribution in [0.5, 0.6) is 0 Å². The van der Waals surface area contributed by atoms with Crippen molar-refractivity contribution in [2.75, 3.05) is 6.61 Å². The maximum Gasteiger partial charge on any atom is 0.271 e. The van der Waals surface area contributed by atoms with Crippen molar-refractivity contribution >= 4 is 11.8 Å². The highest BCUT2D eigenvalue weighted by atomic mass is 19.1. The molecule has 1 aromatic carbocycles. The summed E-state index contributed by atoms with van der Waals surface area (Å²) in [7, 11) is 0. The van der Waals surface area contributed by atoms with E-state index in [9.17, 15) is 19.1 Å². The number of aliphatic hydroxyl groups is 1. The molecule has 2 aromatic rings. The van der Waals surface area contributed by atoms with Gasteiger partial charge in [-0.15, -0.1) is 0 Å². The quantitative estimate of drug-likeness (QED) is 0.636. The number of halogens is 1. The monoisotopic (exact) mass is 402 g/mol. The highest BCUT2D eigenvalue weighted by Crippen LogP contribution is 2.22. The van der Waals surface area contributed by atoms with Crippen LogP contribution in [0.25, 0.3) is 0 Å². The fourth-order valence-electron chi connectivity index (χ4n) is 3.22. The summed E-state index contributed by atoms with van der Waals surface area (Å²) in [6, 6.07) is 5.85. The zero-order valence-electron chi connectivity index (χ0n) is 15.8. The number of ether oxygens (including phenoxy) is 1. The van der Waals surface area contributed by atoms with Gasteiger partial charge in [-0.2, -0.15) is 0 Å². The van der Waals surface area contributed by atoms with Crippen LogP contribution in [-0.2, 0) is 16.1 Å². The van der Waals surface area contributed by atoms with Crippen LogP contribution < -0.4 is 10.6 Å². The van der Waals surface area contributed by atoms with E-state index in [1.54, 1.807) is 18.2 Å². The predicted molar refractivity (Wildman–Crippen MR) is 101 cm³/mol. The standard InChI is InChI=1S/C20H23FN4O4/c21-15-4-2-1-3-13(15)10-24-19(27)9-14-5-6-16(18(12-26)29-14)25-20(28)17-11-22-7-8-23-17/h1-4,7-8,11,14,16,18,26H,5-6,9-10,12H2,(H,24,27)(H,25,28)/t14-,16-,18-/m0/s1. The number of hydrogen-bond acceptors (Lipinski definition) is 6. The van der Waals surface area contributed by atoms with Gasteiger partial charge in [0.1, 0.15) is 17.6 Å². The lowest BCUT2D eigenvalue weighted by Gasteiger charge is -2.35. The molecule has 0 unspecified atom stereocenters.